The highest BCUT2D eigenvalue weighted by Crippen LogP contribution is 2.12. The van der Waals surface area contributed by atoms with E-state index in [1.54, 1.807) is 0 Å². The molecule has 0 aliphatic rings. The second-order valence-corrected chi connectivity index (χ2v) is 6.17. The predicted molar refractivity (Wildman–Crippen MR) is 85.9 cm³/mol. The van der Waals surface area contributed by atoms with E-state index in [0.717, 1.165) is 31.9 Å². The SMILES string of the molecule is Cc1cccc(CSCCNCCCOC(C)C)c1. The average molecular weight is 281 g/mol. The van der Waals surface area contributed by atoms with E-state index in [2.05, 4.69) is 50.4 Å². The summed E-state index contributed by atoms with van der Waals surface area (Å²) < 4.78 is 5.49. The average Bonchev–Trinajstić information content (AvgIpc) is 2.36. The molecule has 0 saturated heterocycles. The Morgan fingerprint density at radius 1 is 1.26 bits per heavy atom. The Morgan fingerprint density at radius 2 is 2.11 bits per heavy atom. The molecule has 2 nitrogen and oxygen atoms in total. The van der Waals surface area contributed by atoms with Crippen LogP contribution in [-0.4, -0.2) is 31.6 Å². The summed E-state index contributed by atoms with van der Waals surface area (Å²) in [5.41, 5.74) is 2.77. The van der Waals surface area contributed by atoms with Gasteiger partial charge in [0, 0.05) is 24.7 Å². The molecule has 19 heavy (non-hydrogen) atoms. The highest BCUT2D eigenvalue weighted by Gasteiger charge is 1.95. The molecule has 0 spiro atoms. The minimum absolute atomic E-state index is 0.352. The lowest BCUT2D eigenvalue weighted by atomic mass is 10.2. The van der Waals surface area contributed by atoms with Crippen molar-refractivity contribution in [2.24, 2.45) is 0 Å². The van der Waals surface area contributed by atoms with E-state index in [4.69, 9.17) is 4.74 Å². The van der Waals surface area contributed by atoms with Crippen molar-refractivity contribution in [3.8, 4) is 0 Å². The standard InChI is InChI=1S/C16H27NOS/c1-14(2)18-10-5-8-17-9-11-19-13-16-7-4-6-15(3)12-16/h4,6-7,12,14,17H,5,8-11,13H2,1-3H3. The number of nitrogens with one attached hydrogen (secondary N) is 1. The molecule has 1 aromatic carbocycles. The lowest BCUT2D eigenvalue weighted by Crippen LogP contribution is -2.20. The first-order valence-electron chi connectivity index (χ1n) is 7.14. The third kappa shape index (κ3) is 9.09. The van der Waals surface area contributed by atoms with Gasteiger partial charge in [-0.05, 0) is 39.3 Å². The van der Waals surface area contributed by atoms with Crippen LogP contribution in [-0.2, 0) is 10.5 Å². The third-order valence-corrected chi connectivity index (χ3v) is 3.75. The van der Waals surface area contributed by atoms with Crippen LogP contribution in [0.15, 0.2) is 24.3 Å². The molecule has 1 rings (SSSR count). The molecule has 0 atom stereocenters. The topological polar surface area (TPSA) is 21.3 Å². The number of hydrogen-bond acceptors (Lipinski definition) is 3. The molecule has 108 valence electrons. The van der Waals surface area contributed by atoms with Gasteiger partial charge in [0.15, 0.2) is 0 Å². The van der Waals surface area contributed by atoms with Gasteiger partial charge in [-0.2, -0.15) is 11.8 Å². The maximum atomic E-state index is 5.49. The molecule has 1 N–H and O–H groups in total. The van der Waals surface area contributed by atoms with E-state index in [1.165, 1.54) is 16.9 Å². The van der Waals surface area contributed by atoms with Gasteiger partial charge in [0.25, 0.3) is 0 Å². The first-order chi connectivity index (χ1) is 9.18. The molecular weight excluding hydrogens is 254 g/mol. The van der Waals surface area contributed by atoms with Crippen molar-refractivity contribution in [2.75, 3.05) is 25.4 Å². The van der Waals surface area contributed by atoms with Crippen LogP contribution in [0, 0.1) is 6.92 Å². The van der Waals surface area contributed by atoms with Gasteiger partial charge in [-0.15, -0.1) is 0 Å². The van der Waals surface area contributed by atoms with Gasteiger partial charge in [0.2, 0.25) is 0 Å². The van der Waals surface area contributed by atoms with Crippen LogP contribution in [0.1, 0.15) is 31.4 Å². The number of thioether (sulfide) groups is 1. The number of rotatable bonds is 10. The summed E-state index contributed by atoms with van der Waals surface area (Å²) in [6.07, 6.45) is 1.45. The van der Waals surface area contributed by atoms with Crippen molar-refractivity contribution in [3.63, 3.8) is 0 Å². The van der Waals surface area contributed by atoms with Crippen LogP contribution in [0.2, 0.25) is 0 Å². The van der Waals surface area contributed by atoms with E-state index in [1.807, 2.05) is 11.8 Å². The van der Waals surface area contributed by atoms with Gasteiger partial charge in [-0.3, -0.25) is 0 Å². The Bertz CT molecular complexity index is 341. The van der Waals surface area contributed by atoms with Crippen molar-refractivity contribution < 1.29 is 4.74 Å². The van der Waals surface area contributed by atoms with E-state index >= 15 is 0 Å². The Hall–Kier alpha value is -0.510. The summed E-state index contributed by atoms with van der Waals surface area (Å²) in [7, 11) is 0. The van der Waals surface area contributed by atoms with E-state index in [9.17, 15) is 0 Å². The molecule has 0 fully saturated rings. The van der Waals surface area contributed by atoms with Crippen molar-refractivity contribution in [1.82, 2.24) is 5.32 Å². The molecule has 0 aromatic heterocycles. The van der Waals surface area contributed by atoms with Gasteiger partial charge in [-0.25, -0.2) is 0 Å². The van der Waals surface area contributed by atoms with Crippen LogP contribution in [0.5, 0.6) is 0 Å². The molecule has 3 heteroatoms. The number of ether oxygens (including phenoxy) is 1. The number of hydrogen-bond donors (Lipinski definition) is 1. The number of aryl methyl sites for hydroxylation is 1. The summed E-state index contributed by atoms with van der Waals surface area (Å²) >= 11 is 1.99. The molecule has 0 amide bonds. The fraction of sp³-hybridized carbons (Fsp3) is 0.625. The van der Waals surface area contributed by atoms with Crippen LogP contribution in [0.25, 0.3) is 0 Å². The molecule has 0 radical (unpaired) electrons. The molecular formula is C16H27NOS. The van der Waals surface area contributed by atoms with E-state index in [-0.39, 0.29) is 0 Å². The van der Waals surface area contributed by atoms with Gasteiger partial charge in [-0.1, -0.05) is 29.8 Å². The van der Waals surface area contributed by atoms with Crippen molar-refractivity contribution in [1.29, 1.82) is 0 Å². The lowest BCUT2D eigenvalue weighted by Gasteiger charge is -2.08. The first kappa shape index (κ1) is 16.5. The van der Waals surface area contributed by atoms with Crippen molar-refractivity contribution >= 4 is 11.8 Å². The Kier molecular flexibility index (Phi) is 8.97. The Balaban J connectivity index is 1.91. The molecule has 0 aliphatic carbocycles. The summed E-state index contributed by atoms with van der Waals surface area (Å²) in [6.45, 7) is 9.30. The van der Waals surface area contributed by atoms with Crippen molar-refractivity contribution in [2.45, 2.75) is 39.0 Å². The monoisotopic (exact) mass is 281 g/mol. The van der Waals surface area contributed by atoms with Crippen LogP contribution >= 0.6 is 11.8 Å². The van der Waals surface area contributed by atoms with Crippen molar-refractivity contribution in [3.05, 3.63) is 35.4 Å². The van der Waals surface area contributed by atoms with E-state index < -0.39 is 0 Å². The molecule has 0 aliphatic heterocycles. The van der Waals surface area contributed by atoms with Gasteiger partial charge >= 0.3 is 0 Å². The molecule has 0 heterocycles. The second-order valence-electron chi connectivity index (χ2n) is 5.06. The summed E-state index contributed by atoms with van der Waals surface area (Å²) in [4.78, 5) is 0. The lowest BCUT2D eigenvalue weighted by molar-refractivity contribution is 0.0772. The van der Waals surface area contributed by atoms with Crippen LogP contribution in [0.3, 0.4) is 0 Å². The molecule has 0 bridgehead atoms. The van der Waals surface area contributed by atoms with Crippen LogP contribution in [0.4, 0.5) is 0 Å². The van der Waals surface area contributed by atoms with E-state index in [0.29, 0.717) is 6.10 Å². The highest BCUT2D eigenvalue weighted by atomic mass is 32.2. The largest absolute Gasteiger partial charge is 0.379 e. The maximum absolute atomic E-state index is 5.49. The quantitative estimate of drug-likeness (QED) is 0.662. The minimum atomic E-state index is 0.352. The zero-order chi connectivity index (χ0) is 13.9. The molecule has 0 unspecified atom stereocenters. The van der Waals surface area contributed by atoms with Gasteiger partial charge in [0.05, 0.1) is 6.10 Å². The van der Waals surface area contributed by atoms with Gasteiger partial charge in [0.1, 0.15) is 0 Å². The zero-order valence-electron chi connectivity index (χ0n) is 12.4. The first-order valence-corrected chi connectivity index (χ1v) is 8.29. The van der Waals surface area contributed by atoms with Crippen LogP contribution < -0.4 is 5.32 Å². The fourth-order valence-corrected chi connectivity index (χ4v) is 2.63. The third-order valence-electron chi connectivity index (χ3n) is 2.72. The Morgan fingerprint density at radius 3 is 2.84 bits per heavy atom. The summed E-state index contributed by atoms with van der Waals surface area (Å²) in [5, 5.41) is 3.46. The second kappa shape index (κ2) is 10.3. The summed E-state index contributed by atoms with van der Waals surface area (Å²) in [6, 6.07) is 8.76. The zero-order valence-corrected chi connectivity index (χ0v) is 13.3. The van der Waals surface area contributed by atoms with Gasteiger partial charge < -0.3 is 10.1 Å². The smallest absolute Gasteiger partial charge is 0.0518 e. The number of benzene rings is 1. The normalized spacial score (nSPS) is 11.2. The Labute approximate surface area is 122 Å². The minimum Gasteiger partial charge on any atom is -0.379 e. The fourth-order valence-electron chi connectivity index (χ4n) is 1.78. The molecule has 0 saturated carbocycles. The summed E-state index contributed by atoms with van der Waals surface area (Å²) in [5.74, 6) is 2.28. The molecule has 1 aromatic rings. The highest BCUT2D eigenvalue weighted by molar-refractivity contribution is 7.98. The maximum Gasteiger partial charge on any atom is 0.0518 e. The predicted octanol–water partition coefficient (Wildman–Crippen LogP) is 3.63.